The minimum atomic E-state index is -5.17. The van der Waals surface area contributed by atoms with Crippen LogP contribution in [0.15, 0.2) is 0 Å². The Kier molecular flexibility index (Phi) is 18.8. The standard InChI is InChI=1S/C16H34O.H2O4S/c1-3-4-5-7-10-13-16(2)14-11-8-6-9-12-15-17;1-5(2,3)4/h16-17H,3-15H2,1-2H3;(H2,1,2,3,4)/p-2. The topological polar surface area (TPSA) is 100 Å². The molecule has 0 aliphatic carbocycles. The highest BCUT2D eigenvalue weighted by Crippen LogP contribution is 2.17. The van der Waals surface area contributed by atoms with Crippen LogP contribution < -0.4 is 0 Å². The fourth-order valence-electron chi connectivity index (χ4n) is 2.38. The molecule has 0 bridgehead atoms. The first-order valence-electron chi connectivity index (χ1n) is 8.58. The number of hydrogen-bond acceptors (Lipinski definition) is 5. The second kappa shape index (κ2) is 17.2. The molecule has 0 aromatic rings. The van der Waals surface area contributed by atoms with Crippen LogP contribution in [0.2, 0.25) is 0 Å². The summed E-state index contributed by atoms with van der Waals surface area (Å²) in [6, 6.07) is 0. The molecule has 136 valence electrons. The van der Waals surface area contributed by atoms with Crippen LogP contribution in [0.5, 0.6) is 0 Å². The maximum atomic E-state index is 8.67. The van der Waals surface area contributed by atoms with Gasteiger partial charge in [-0.15, -0.1) is 0 Å². The van der Waals surface area contributed by atoms with Crippen molar-refractivity contribution in [1.29, 1.82) is 0 Å². The Bertz CT molecular complexity index is 296. The zero-order valence-corrected chi connectivity index (χ0v) is 15.1. The first-order chi connectivity index (χ1) is 10.3. The maximum Gasteiger partial charge on any atom is 0.0431 e. The molecule has 1 atom stereocenters. The zero-order chi connectivity index (χ0) is 17.3. The SMILES string of the molecule is CCCCCCCC(C)CCCCCCCO.O=S(=O)([O-])[O-]. The molecule has 0 spiro atoms. The third kappa shape index (κ3) is 32.0. The van der Waals surface area contributed by atoms with Gasteiger partial charge < -0.3 is 14.2 Å². The normalized spacial score (nSPS) is 12.6. The predicted octanol–water partition coefficient (Wildman–Crippen LogP) is 3.98. The molecule has 0 amide bonds. The van der Waals surface area contributed by atoms with Crippen molar-refractivity contribution in [3.8, 4) is 0 Å². The lowest BCUT2D eigenvalue weighted by Crippen LogP contribution is -1.95. The summed E-state index contributed by atoms with van der Waals surface area (Å²) < 4.78 is 34.1. The molecule has 0 aromatic carbocycles. The molecule has 0 heterocycles. The highest BCUT2D eigenvalue weighted by Gasteiger charge is 2.01. The van der Waals surface area contributed by atoms with E-state index in [-0.39, 0.29) is 0 Å². The maximum absolute atomic E-state index is 8.67. The van der Waals surface area contributed by atoms with E-state index in [1.54, 1.807) is 0 Å². The third-order valence-corrected chi connectivity index (χ3v) is 3.66. The third-order valence-electron chi connectivity index (χ3n) is 3.66. The van der Waals surface area contributed by atoms with Crippen LogP contribution in [-0.4, -0.2) is 29.2 Å². The Labute approximate surface area is 137 Å². The van der Waals surface area contributed by atoms with Gasteiger partial charge in [-0.2, -0.15) is 0 Å². The number of aliphatic hydroxyl groups is 1. The van der Waals surface area contributed by atoms with Gasteiger partial charge in [-0.25, -0.2) is 0 Å². The lowest BCUT2D eigenvalue weighted by Gasteiger charge is -2.10. The minimum absolute atomic E-state index is 0.369. The van der Waals surface area contributed by atoms with E-state index in [0.29, 0.717) is 6.61 Å². The van der Waals surface area contributed by atoms with Crippen molar-refractivity contribution in [2.24, 2.45) is 5.92 Å². The van der Waals surface area contributed by atoms with Gasteiger partial charge in [0.25, 0.3) is 0 Å². The average molecular weight is 339 g/mol. The van der Waals surface area contributed by atoms with E-state index in [0.717, 1.165) is 12.3 Å². The van der Waals surface area contributed by atoms with Crippen molar-refractivity contribution < 1.29 is 22.6 Å². The van der Waals surface area contributed by atoms with Crippen LogP contribution in [0.25, 0.3) is 0 Å². The molecule has 1 N–H and O–H groups in total. The quantitative estimate of drug-likeness (QED) is 0.311. The summed E-state index contributed by atoms with van der Waals surface area (Å²) in [5, 5.41) is 8.67. The molecule has 22 heavy (non-hydrogen) atoms. The predicted molar refractivity (Wildman–Crippen MR) is 87.8 cm³/mol. The van der Waals surface area contributed by atoms with E-state index in [1.807, 2.05) is 0 Å². The van der Waals surface area contributed by atoms with Gasteiger partial charge in [0, 0.05) is 17.0 Å². The van der Waals surface area contributed by atoms with Gasteiger partial charge >= 0.3 is 0 Å². The van der Waals surface area contributed by atoms with Gasteiger partial charge in [0.1, 0.15) is 0 Å². The van der Waals surface area contributed by atoms with Crippen molar-refractivity contribution in [2.45, 2.75) is 90.9 Å². The van der Waals surface area contributed by atoms with Crippen molar-refractivity contribution >= 4 is 10.4 Å². The summed E-state index contributed by atoms with van der Waals surface area (Å²) >= 11 is 0. The second-order valence-corrected chi connectivity index (χ2v) is 6.81. The average Bonchev–Trinajstić information content (AvgIpc) is 2.40. The highest BCUT2D eigenvalue weighted by atomic mass is 32.3. The number of aliphatic hydroxyl groups excluding tert-OH is 1. The molecular weight excluding hydrogens is 304 g/mol. The molecule has 0 rings (SSSR count). The van der Waals surface area contributed by atoms with Crippen molar-refractivity contribution in [1.82, 2.24) is 0 Å². The number of unbranched alkanes of at least 4 members (excludes halogenated alkanes) is 8. The highest BCUT2D eigenvalue weighted by molar-refractivity contribution is 7.79. The lowest BCUT2D eigenvalue weighted by molar-refractivity contribution is 0.282. The summed E-state index contributed by atoms with van der Waals surface area (Å²) in [7, 11) is -5.17. The van der Waals surface area contributed by atoms with E-state index < -0.39 is 10.4 Å². The van der Waals surface area contributed by atoms with Gasteiger partial charge in [0.05, 0.1) is 0 Å². The van der Waals surface area contributed by atoms with E-state index in [2.05, 4.69) is 13.8 Å². The summed E-state index contributed by atoms with van der Waals surface area (Å²) in [6.45, 7) is 5.06. The van der Waals surface area contributed by atoms with E-state index in [4.69, 9.17) is 22.6 Å². The Morgan fingerprint density at radius 1 is 0.818 bits per heavy atom. The molecule has 0 radical (unpaired) electrons. The molecular formula is C16H34O5S-2. The first-order valence-corrected chi connectivity index (χ1v) is 9.92. The Hall–Kier alpha value is -0.170. The molecule has 1 unspecified atom stereocenters. The van der Waals surface area contributed by atoms with E-state index in [9.17, 15) is 0 Å². The van der Waals surface area contributed by atoms with Crippen LogP contribution in [0, 0.1) is 5.92 Å². The fourth-order valence-corrected chi connectivity index (χ4v) is 2.38. The molecule has 0 saturated carbocycles. The number of rotatable bonds is 13. The molecule has 0 aromatic heterocycles. The minimum Gasteiger partial charge on any atom is -0.759 e. The Morgan fingerprint density at radius 2 is 1.18 bits per heavy atom. The van der Waals surface area contributed by atoms with Crippen molar-refractivity contribution in [2.75, 3.05) is 6.61 Å². The summed E-state index contributed by atoms with van der Waals surface area (Å²) in [4.78, 5) is 0. The van der Waals surface area contributed by atoms with E-state index in [1.165, 1.54) is 70.6 Å². The molecule has 5 nitrogen and oxygen atoms in total. The molecule has 0 fully saturated rings. The zero-order valence-electron chi connectivity index (χ0n) is 14.3. The van der Waals surface area contributed by atoms with Gasteiger partial charge in [0.2, 0.25) is 0 Å². The lowest BCUT2D eigenvalue weighted by atomic mass is 9.96. The van der Waals surface area contributed by atoms with Gasteiger partial charge in [-0.05, 0) is 12.3 Å². The van der Waals surface area contributed by atoms with E-state index >= 15 is 0 Å². The second-order valence-electron chi connectivity index (χ2n) is 6.00. The van der Waals surface area contributed by atoms with Crippen LogP contribution in [0.3, 0.4) is 0 Å². The monoisotopic (exact) mass is 338 g/mol. The molecule has 0 saturated heterocycles. The summed E-state index contributed by atoms with van der Waals surface area (Å²) in [6.07, 6.45) is 16.2. The summed E-state index contributed by atoms with van der Waals surface area (Å²) in [5.41, 5.74) is 0. The van der Waals surface area contributed by atoms with Crippen LogP contribution in [0.1, 0.15) is 90.9 Å². The Morgan fingerprint density at radius 3 is 1.59 bits per heavy atom. The van der Waals surface area contributed by atoms with Gasteiger partial charge in [0.15, 0.2) is 0 Å². The van der Waals surface area contributed by atoms with Crippen molar-refractivity contribution in [3.63, 3.8) is 0 Å². The van der Waals surface area contributed by atoms with Crippen LogP contribution in [-0.2, 0) is 10.4 Å². The summed E-state index contributed by atoms with van der Waals surface area (Å²) in [5.74, 6) is 0.925. The van der Waals surface area contributed by atoms with Gasteiger partial charge in [-0.1, -0.05) is 84.5 Å². The fraction of sp³-hybridized carbons (Fsp3) is 1.00. The molecule has 6 heteroatoms. The largest absolute Gasteiger partial charge is 0.759 e. The van der Waals surface area contributed by atoms with Crippen LogP contribution >= 0.6 is 0 Å². The molecule has 0 aliphatic rings. The van der Waals surface area contributed by atoms with Crippen molar-refractivity contribution in [3.05, 3.63) is 0 Å². The first kappa shape index (κ1) is 24.1. The van der Waals surface area contributed by atoms with Gasteiger partial charge in [-0.3, -0.25) is 8.42 Å². The molecule has 0 aliphatic heterocycles. The Balaban J connectivity index is 0. The smallest absolute Gasteiger partial charge is 0.0431 e. The van der Waals surface area contributed by atoms with Crippen LogP contribution in [0.4, 0.5) is 0 Å². The number of hydrogen-bond donors (Lipinski definition) is 1.